The van der Waals surface area contributed by atoms with Gasteiger partial charge in [0.2, 0.25) is 0 Å². The molecular formula is C20H26ClF3N6O2S2. The number of alkyl halides is 3. The lowest BCUT2D eigenvalue weighted by molar-refractivity contribution is -0.115. The summed E-state index contributed by atoms with van der Waals surface area (Å²) in [4.78, 5) is 20.6. The third kappa shape index (κ3) is 8.58. The van der Waals surface area contributed by atoms with Crippen molar-refractivity contribution in [3.63, 3.8) is 0 Å². The van der Waals surface area contributed by atoms with Gasteiger partial charge in [0.05, 0.1) is 11.9 Å². The molecule has 0 saturated heterocycles. The second-order valence-electron chi connectivity index (χ2n) is 8.85. The summed E-state index contributed by atoms with van der Waals surface area (Å²) in [5, 5.41) is 8.75. The minimum atomic E-state index is -4.39. The first-order valence-electron chi connectivity index (χ1n) is 10.6. The molecule has 1 amide bonds. The number of alkyl carbamates (subject to hydrolysis) is 1. The second kappa shape index (κ2) is 11.1. The minimum absolute atomic E-state index is 0.0104. The second-order valence-corrected chi connectivity index (χ2v) is 11.0. The zero-order chi connectivity index (χ0) is 24.9. The van der Waals surface area contributed by atoms with Gasteiger partial charge in [-0.25, -0.2) is 14.8 Å². The fourth-order valence-corrected chi connectivity index (χ4v) is 5.34. The average molecular weight is 539 g/mol. The van der Waals surface area contributed by atoms with E-state index in [0.29, 0.717) is 10.5 Å². The molecule has 0 spiro atoms. The van der Waals surface area contributed by atoms with Gasteiger partial charge in [-0.1, -0.05) is 11.6 Å². The fourth-order valence-electron chi connectivity index (χ4n) is 3.35. The summed E-state index contributed by atoms with van der Waals surface area (Å²) < 4.78 is 48.1. The highest BCUT2D eigenvalue weighted by Crippen LogP contribution is 2.30. The van der Waals surface area contributed by atoms with Crippen LogP contribution in [0.25, 0.3) is 0 Å². The van der Waals surface area contributed by atoms with Gasteiger partial charge in [0.1, 0.15) is 23.7 Å². The Balaban J connectivity index is 1.65. The van der Waals surface area contributed by atoms with Crippen molar-refractivity contribution in [1.82, 2.24) is 14.7 Å². The first-order valence-corrected chi connectivity index (χ1v) is 13.1. The molecule has 0 atom stereocenters. The maximum atomic E-state index is 12.8. The van der Waals surface area contributed by atoms with Crippen LogP contribution in [0.2, 0.25) is 5.15 Å². The van der Waals surface area contributed by atoms with Crippen LogP contribution in [0.4, 0.5) is 35.2 Å². The minimum Gasteiger partial charge on any atom is -0.444 e. The number of pyridine rings is 1. The van der Waals surface area contributed by atoms with Gasteiger partial charge in [-0.3, -0.25) is 0 Å². The molecule has 0 aliphatic heterocycles. The Bertz CT molecular complexity index is 1050. The number of anilines is 2. The fraction of sp³-hybridized carbons (Fsp3) is 0.600. The zero-order valence-electron chi connectivity index (χ0n) is 18.8. The molecule has 0 aromatic carbocycles. The Morgan fingerprint density at radius 3 is 2.50 bits per heavy atom. The van der Waals surface area contributed by atoms with Gasteiger partial charge >= 0.3 is 12.3 Å². The van der Waals surface area contributed by atoms with Crippen LogP contribution in [-0.2, 0) is 4.74 Å². The van der Waals surface area contributed by atoms with Gasteiger partial charge < -0.3 is 20.7 Å². The molecule has 1 aliphatic carbocycles. The lowest BCUT2D eigenvalue weighted by atomic mass is 9.91. The van der Waals surface area contributed by atoms with Crippen molar-refractivity contribution < 1.29 is 22.7 Å². The third-order valence-electron chi connectivity index (χ3n) is 4.79. The maximum absolute atomic E-state index is 12.8. The number of amides is 1. The van der Waals surface area contributed by atoms with Gasteiger partial charge in [0, 0.05) is 28.7 Å². The van der Waals surface area contributed by atoms with Gasteiger partial charge in [-0.15, -0.1) is 0 Å². The molecule has 3 rings (SSSR count). The number of hydrogen-bond acceptors (Lipinski definition) is 9. The van der Waals surface area contributed by atoms with Crippen molar-refractivity contribution in [3.8, 4) is 0 Å². The molecule has 0 radical (unpaired) electrons. The van der Waals surface area contributed by atoms with Crippen LogP contribution in [0.15, 0.2) is 17.3 Å². The molecule has 1 fully saturated rings. The molecular weight excluding hydrogens is 513 g/mol. The Morgan fingerprint density at radius 1 is 1.24 bits per heavy atom. The molecule has 3 N–H and O–H groups in total. The summed E-state index contributed by atoms with van der Waals surface area (Å²) in [5.74, 6) is 0.436. The maximum Gasteiger partial charge on any atom is 0.407 e. The van der Waals surface area contributed by atoms with Crippen molar-refractivity contribution in [1.29, 1.82) is 0 Å². The standard InChI is InChI=1S/C20H26ClF3N6O2S2/c1-19(2,3)32-18(31)28-12-6-4-11(5-7-12)27-15-8-13(26-10-20(22,23)24)14(9-25-15)29-17-16(21)30-34-33-17/h8-9,11-12H,4-7,10H2,1-3H3,(H,28,31)(H2,25,26,27)/b29-17+. The highest BCUT2D eigenvalue weighted by molar-refractivity contribution is 7.66. The SMILES string of the molecule is CC(C)(C)OC(=O)NC1CCC(Nc2cc(NCC(F)(F)F)c(/N=c3/ssnc3Cl)cn2)CC1. The number of carbonyl (C=O) groups is 1. The predicted octanol–water partition coefficient (Wildman–Crippen LogP) is 5.71. The van der Waals surface area contributed by atoms with Crippen LogP contribution < -0.4 is 20.6 Å². The van der Waals surface area contributed by atoms with E-state index in [4.69, 9.17) is 16.3 Å². The van der Waals surface area contributed by atoms with E-state index in [1.54, 1.807) is 0 Å². The molecule has 2 aromatic heterocycles. The Kier molecular flexibility index (Phi) is 8.63. The summed E-state index contributed by atoms with van der Waals surface area (Å²) in [5.41, 5.74) is -0.139. The lowest BCUT2D eigenvalue weighted by Gasteiger charge is -2.30. The lowest BCUT2D eigenvalue weighted by Crippen LogP contribution is -2.42. The molecule has 34 heavy (non-hydrogen) atoms. The third-order valence-corrected chi connectivity index (χ3v) is 6.97. The monoisotopic (exact) mass is 538 g/mol. The molecule has 2 heterocycles. The first-order chi connectivity index (χ1) is 15.9. The van der Waals surface area contributed by atoms with Gasteiger partial charge in [-0.2, -0.15) is 17.5 Å². The molecule has 0 bridgehead atoms. The van der Waals surface area contributed by atoms with E-state index in [1.165, 1.54) is 22.6 Å². The van der Waals surface area contributed by atoms with Crippen molar-refractivity contribution >= 4 is 55.8 Å². The van der Waals surface area contributed by atoms with E-state index in [2.05, 4.69) is 30.3 Å². The molecule has 0 unspecified atom stereocenters. The van der Waals surface area contributed by atoms with E-state index in [-0.39, 0.29) is 28.6 Å². The van der Waals surface area contributed by atoms with Crippen LogP contribution in [0.5, 0.6) is 0 Å². The molecule has 14 heteroatoms. The number of carbonyl (C=O) groups excluding carboxylic acids is 1. The predicted molar refractivity (Wildman–Crippen MR) is 128 cm³/mol. The summed E-state index contributed by atoms with van der Waals surface area (Å²) in [6.45, 7) is 4.22. The summed E-state index contributed by atoms with van der Waals surface area (Å²) in [6, 6.07) is 1.59. The van der Waals surface area contributed by atoms with E-state index >= 15 is 0 Å². The molecule has 2 aromatic rings. The summed E-state index contributed by atoms with van der Waals surface area (Å²) in [7, 11) is 2.36. The number of halogens is 4. The van der Waals surface area contributed by atoms with Crippen molar-refractivity contribution in [2.24, 2.45) is 4.99 Å². The van der Waals surface area contributed by atoms with Crippen LogP contribution in [0.3, 0.4) is 0 Å². The van der Waals surface area contributed by atoms with Gasteiger partial charge in [0.25, 0.3) is 0 Å². The van der Waals surface area contributed by atoms with Gasteiger partial charge in [0.15, 0.2) is 9.82 Å². The number of rotatable bonds is 6. The Hall–Kier alpha value is -2.12. The highest BCUT2D eigenvalue weighted by atomic mass is 35.5. The number of ether oxygens (including phenoxy) is 1. The number of aromatic nitrogens is 2. The van der Waals surface area contributed by atoms with Crippen molar-refractivity contribution in [3.05, 3.63) is 22.1 Å². The number of hydrogen-bond donors (Lipinski definition) is 3. The number of nitrogens with one attached hydrogen (secondary N) is 3. The van der Waals surface area contributed by atoms with E-state index in [0.717, 1.165) is 36.2 Å². The summed E-state index contributed by atoms with van der Waals surface area (Å²) in [6.07, 6.45) is -0.417. The molecule has 1 aliphatic rings. The topological polar surface area (TPSA) is 101 Å². The smallest absolute Gasteiger partial charge is 0.407 e. The normalized spacial score (nSPS) is 19.6. The quantitative estimate of drug-likeness (QED) is 0.407. The van der Waals surface area contributed by atoms with E-state index in [9.17, 15) is 18.0 Å². The largest absolute Gasteiger partial charge is 0.444 e. The number of nitrogens with zero attached hydrogens (tertiary/aromatic N) is 3. The Labute approximate surface area is 207 Å². The summed E-state index contributed by atoms with van der Waals surface area (Å²) >= 11 is 5.98. The Morgan fingerprint density at radius 2 is 1.91 bits per heavy atom. The first kappa shape index (κ1) is 26.5. The van der Waals surface area contributed by atoms with Crippen LogP contribution in [-0.4, -0.2) is 45.9 Å². The van der Waals surface area contributed by atoms with Crippen LogP contribution in [0.1, 0.15) is 46.5 Å². The molecule has 1 saturated carbocycles. The van der Waals surface area contributed by atoms with Crippen LogP contribution in [0, 0.1) is 0 Å². The average Bonchev–Trinajstić information content (AvgIpc) is 3.12. The van der Waals surface area contributed by atoms with Crippen molar-refractivity contribution in [2.45, 2.75) is 70.3 Å². The van der Waals surface area contributed by atoms with E-state index < -0.39 is 24.4 Å². The van der Waals surface area contributed by atoms with Gasteiger partial charge in [-0.05, 0) is 56.8 Å². The highest BCUT2D eigenvalue weighted by Gasteiger charge is 2.28. The zero-order valence-corrected chi connectivity index (χ0v) is 21.2. The van der Waals surface area contributed by atoms with Crippen molar-refractivity contribution in [2.75, 3.05) is 17.2 Å². The van der Waals surface area contributed by atoms with E-state index in [1.807, 2.05) is 20.8 Å². The molecule has 188 valence electrons. The molecule has 8 nitrogen and oxygen atoms in total. The van der Waals surface area contributed by atoms with Crippen LogP contribution >= 0.6 is 32.5 Å².